The Morgan fingerprint density at radius 2 is 1.21 bits per heavy atom. The first-order chi connectivity index (χ1) is 11.8. The Balaban J connectivity index is 1.52. The summed E-state index contributed by atoms with van der Waals surface area (Å²) < 4.78 is 0. The van der Waals surface area contributed by atoms with Crippen molar-refractivity contribution in [1.29, 1.82) is 5.26 Å². The van der Waals surface area contributed by atoms with Gasteiger partial charge in [0.15, 0.2) is 0 Å². The van der Waals surface area contributed by atoms with Crippen molar-refractivity contribution < 1.29 is 0 Å². The van der Waals surface area contributed by atoms with E-state index in [9.17, 15) is 0 Å². The first-order valence-electron chi connectivity index (χ1n) is 10.9. The predicted octanol–water partition coefficient (Wildman–Crippen LogP) is 7.43. The number of unbranched alkanes of at least 4 members (excludes halogenated alkanes) is 1. The zero-order valence-corrected chi connectivity index (χ0v) is 16.0. The van der Waals surface area contributed by atoms with Crippen LogP contribution >= 0.6 is 0 Å². The Morgan fingerprint density at radius 1 is 0.750 bits per heavy atom. The molecule has 0 saturated heterocycles. The Hall–Kier alpha value is -0.770. The number of nitrogens with zero attached hydrogens (tertiary/aromatic N) is 1. The summed E-state index contributed by atoms with van der Waals surface area (Å²) in [5, 5.41) is 8.52. The lowest BCUT2D eigenvalue weighted by Gasteiger charge is -2.32. The summed E-state index contributed by atoms with van der Waals surface area (Å²) in [7, 11) is 0. The van der Waals surface area contributed by atoms with E-state index in [1.807, 2.05) is 6.08 Å². The molecule has 0 aromatic carbocycles. The maximum Gasteiger partial charge on any atom is 0.0908 e. The van der Waals surface area contributed by atoms with E-state index in [4.69, 9.17) is 5.26 Å². The van der Waals surface area contributed by atoms with Gasteiger partial charge in [-0.15, -0.1) is 0 Å². The fourth-order valence-corrected chi connectivity index (χ4v) is 5.05. The average Bonchev–Trinajstić information content (AvgIpc) is 2.64. The van der Waals surface area contributed by atoms with Gasteiger partial charge in [-0.1, -0.05) is 96.5 Å². The fourth-order valence-electron chi connectivity index (χ4n) is 5.05. The minimum atomic E-state index is 0.929. The minimum Gasteiger partial charge on any atom is -0.193 e. The van der Waals surface area contributed by atoms with Crippen LogP contribution in [0.25, 0.3) is 0 Å². The van der Waals surface area contributed by atoms with E-state index in [2.05, 4.69) is 13.0 Å². The molecule has 0 amide bonds. The molecule has 0 bridgehead atoms. The largest absolute Gasteiger partial charge is 0.193 e. The van der Waals surface area contributed by atoms with Crippen molar-refractivity contribution in [2.45, 2.75) is 103 Å². The maximum atomic E-state index is 8.52. The summed E-state index contributed by atoms with van der Waals surface area (Å²) in [6.07, 6.45) is 25.3. The van der Waals surface area contributed by atoms with Crippen molar-refractivity contribution in [1.82, 2.24) is 0 Å². The van der Waals surface area contributed by atoms with Gasteiger partial charge in [0.05, 0.1) is 6.07 Å². The molecule has 24 heavy (non-hydrogen) atoms. The SMILES string of the molecule is CCCCC1CCC(CCC2CCC(CC/C=C/C#N)CC2)CC1. The zero-order chi connectivity index (χ0) is 17.0. The van der Waals surface area contributed by atoms with Crippen LogP contribution in [0.15, 0.2) is 12.2 Å². The molecule has 2 aliphatic rings. The van der Waals surface area contributed by atoms with E-state index in [1.54, 1.807) is 6.08 Å². The van der Waals surface area contributed by atoms with Gasteiger partial charge in [-0.25, -0.2) is 0 Å². The molecule has 1 nitrogen and oxygen atoms in total. The van der Waals surface area contributed by atoms with E-state index < -0.39 is 0 Å². The second kappa shape index (κ2) is 11.7. The summed E-state index contributed by atoms with van der Waals surface area (Å²) in [4.78, 5) is 0. The van der Waals surface area contributed by atoms with Crippen LogP contribution in [0.4, 0.5) is 0 Å². The number of hydrogen-bond donors (Lipinski definition) is 0. The number of hydrogen-bond acceptors (Lipinski definition) is 1. The molecule has 0 unspecified atom stereocenters. The molecule has 136 valence electrons. The molecule has 0 spiro atoms. The summed E-state index contributed by atoms with van der Waals surface area (Å²) >= 11 is 0. The van der Waals surface area contributed by atoms with Crippen LogP contribution in [0.3, 0.4) is 0 Å². The highest BCUT2D eigenvalue weighted by Gasteiger charge is 2.24. The summed E-state index contributed by atoms with van der Waals surface area (Å²) in [6.45, 7) is 2.32. The topological polar surface area (TPSA) is 23.8 Å². The molecule has 0 aliphatic heterocycles. The standard InChI is InChI=1S/C23H39N/c1-2-3-7-20-9-13-22(14-10-20)17-18-23-15-11-21(12-16-23)8-5-4-6-19-24/h4,6,20-23H,2-3,5,7-18H2,1H3/b6-4+. The number of rotatable bonds is 9. The lowest BCUT2D eigenvalue weighted by molar-refractivity contribution is 0.209. The predicted molar refractivity (Wildman–Crippen MR) is 104 cm³/mol. The lowest BCUT2D eigenvalue weighted by Crippen LogP contribution is -2.18. The Kier molecular flexibility index (Phi) is 9.55. The van der Waals surface area contributed by atoms with Crippen LogP contribution in [-0.4, -0.2) is 0 Å². The molecule has 0 aromatic heterocycles. The molecular formula is C23H39N. The molecule has 0 aromatic rings. The summed E-state index contributed by atoms with van der Waals surface area (Å²) in [5.41, 5.74) is 0. The van der Waals surface area contributed by atoms with Gasteiger partial charge in [0.25, 0.3) is 0 Å². The highest BCUT2D eigenvalue weighted by Crippen LogP contribution is 2.38. The van der Waals surface area contributed by atoms with Gasteiger partial charge in [0, 0.05) is 6.08 Å². The van der Waals surface area contributed by atoms with Gasteiger partial charge in [-0.05, 0) is 36.5 Å². The van der Waals surface area contributed by atoms with Crippen molar-refractivity contribution in [2.75, 3.05) is 0 Å². The van der Waals surface area contributed by atoms with E-state index in [0.29, 0.717) is 0 Å². The van der Waals surface area contributed by atoms with Gasteiger partial charge in [-0.3, -0.25) is 0 Å². The van der Waals surface area contributed by atoms with Gasteiger partial charge in [0.1, 0.15) is 0 Å². The van der Waals surface area contributed by atoms with Crippen LogP contribution in [0.5, 0.6) is 0 Å². The highest BCUT2D eigenvalue weighted by molar-refractivity contribution is 5.01. The van der Waals surface area contributed by atoms with Crippen molar-refractivity contribution in [3.05, 3.63) is 12.2 Å². The molecule has 2 rings (SSSR count). The van der Waals surface area contributed by atoms with Crippen LogP contribution in [0, 0.1) is 35.0 Å². The van der Waals surface area contributed by atoms with Gasteiger partial charge in [-0.2, -0.15) is 5.26 Å². The Bertz CT molecular complexity index is 375. The van der Waals surface area contributed by atoms with E-state index in [1.165, 1.54) is 89.9 Å². The molecular weight excluding hydrogens is 290 g/mol. The highest BCUT2D eigenvalue weighted by atomic mass is 14.3. The van der Waals surface area contributed by atoms with Crippen LogP contribution < -0.4 is 0 Å². The lowest BCUT2D eigenvalue weighted by atomic mass is 9.74. The average molecular weight is 330 g/mol. The number of allylic oxidation sites excluding steroid dienone is 2. The zero-order valence-electron chi connectivity index (χ0n) is 16.0. The first kappa shape index (κ1) is 19.6. The van der Waals surface area contributed by atoms with Gasteiger partial charge in [0.2, 0.25) is 0 Å². The fraction of sp³-hybridized carbons (Fsp3) is 0.870. The van der Waals surface area contributed by atoms with Crippen LogP contribution in [0.1, 0.15) is 103 Å². The second-order valence-electron chi connectivity index (χ2n) is 8.60. The van der Waals surface area contributed by atoms with E-state index >= 15 is 0 Å². The molecule has 2 fully saturated rings. The van der Waals surface area contributed by atoms with Crippen molar-refractivity contribution in [3.8, 4) is 6.07 Å². The van der Waals surface area contributed by atoms with Crippen LogP contribution in [0.2, 0.25) is 0 Å². The third-order valence-corrected chi connectivity index (χ3v) is 6.82. The van der Waals surface area contributed by atoms with Crippen molar-refractivity contribution in [2.24, 2.45) is 23.7 Å². The molecule has 0 radical (unpaired) electrons. The summed E-state index contributed by atoms with van der Waals surface area (Å²) in [5.74, 6) is 4.07. The normalized spacial score (nSPS) is 31.2. The van der Waals surface area contributed by atoms with E-state index in [0.717, 1.165) is 30.1 Å². The third-order valence-electron chi connectivity index (χ3n) is 6.82. The second-order valence-corrected chi connectivity index (χ2v) is 8.60. The van der Waals surface area contributed by atoms with Crippen LogP contribution in [-0.2, 0) is 0 Å². The Morgan fingerprint density at radius 3 is 1.67 bits per heavy atom. The maximum absolute atomic E-state index is 8.52. The Labute approximate surface area is 150 Å². The number of nitriles is 1. The molecule has 0 atom stereocenters. The monoisotopic (exact) mass is 329 g/mol. The molecule has 2 saturated carbocycles. The van der Waals surface area contributed by atoms with Gasteiger partial charge < -0.3 is 0 Å². The molecule has 1 heteroatoms. The third kappa shape index (κ3) is 7.42. The van der Waals surface area contributed by atoms with Crippen molar-refractivity contribution in [3.63, 3.8) is 0 Å². The van der Waals surface area contributed by atoms with Gasteiger partial charge >= 0.3 is 0 Å². The van der Waals surface area contributed by atoms with E-state index in [-0.39, 0.29) is 0 Å². The minimum absolute atomic E-state index is 0.929. The van der Waals surface area contributed by atoms with Crippen molar-refractivity contribution >= 4 is 0 Å². The summed E-state index contributed by atoms with van der Waals surface area (Å²) in [6, 6.07) is 2.09. The first-order valence-corrected chi connectivity index (χ1v) is 10.9. The molecule has 0 heterocycles. The molecule has 2 aliphatic carbocycles. The smallest absolute Gasteiger partial charge is 0.0908 e. The quantitative estimate of drug-likeness (QED) is 0.403. The molecule has 0 N–H and O–H groups in total.